The highest BCUT2D eigenvalue weighted by atomic mass is 35.5. The summed E-state index contributed by atoms with van der Waals surface area (Å²) >= 11 is 12.0. The van der Waals surface area contributed by atoms with Crippen LogP contribution < -0.4 is 15.5 Å². The third-order valence-corrected chi connectivity index (χ3v) is 4.54. The lowest BCUT2D eigenvalue weighted by atomic mass is 9.95. The van der Waals surface area contributed by atoms with Crippen LogP contribution >= 0.6 is 23.2 Å². The second-order valence-electron chi connectivity index (χ2n) is 5.73. The Kier molecular flexibility index (Phi) is 5.28. The van der Waals surface area contributed by atoms with Gasteiger partial charge < -0.3 is 10.5 Å². The van der Waals surface area contributed by atoms with Gasteiger partial charge in [0.1, 0.15) is 5.75 Å². The summed E-state index contributed by atoms with van der Waals surface area (Å²) in [5.74, 6) is 0.976. The van der Waals surface area contributed by atoms with E-state index >= 15 is 0 Å². The van der Waals surface area contributed by atoms with Gasteiger partial charge in [-0.25, -0.2) is 10.0 Å². The monoisotopic (exact) mass is 368 g/mol. The first kappa shape index (κ1) is 17.1. The number of anilines is 2. The molecule has 1 saturated carbocycles. The summed E-state index contributed by atoms with van der Waals surface area (Å²) in [5, 5.41) is 12.6. The van der Waals surface area contributed by atoms with E-state index in [2.05, 4.69) is 9.97 Å². The van der Waals surface area contributed by atoms with Gasteiger partial charge in [-0.3, -0.25) is 5.21 Å². The molecule has 2 aromatic rings. The largest absolute Gasteiger partial charge is 0.450 e. The van der Waals surface area contributed by atoms with Crippen LogP contribution in [-0.4, -0.2) is 21.2 Å². The molecule has 3 N–H and O–H groups in total. The Labute approximate surface area is 150 Å². The molecule has 1 fully saturated rings. The highest BCUT2D eigenvalue weighted by molar-refractivity contribution is 6.35. The van der Waals surface area contributed by atoms with Crippen LogP contribution in [0.15, 0.2) is 24.4 Å². The van der Waals surface area contributed by atoms with Gasteiger partial charge in [0.2, 0.25) is 11.8 Å². The average molecular weight is 369 g/mol. The minimum Gasteiger partial charge on any atom is -0.450 e. The molecule has 0 spiro atoms. The number of ether oxygens (including phenoxy) is 1. The van der Waals surface area contributed by atoms with Gasteiger partial charge in [0.15, 0.2) is 5.75 Å². The summed E-state index contributed by atoms with van der Waals surface area (Å²) < 4.78 is 5.79. The van der Waals surface area contributed by atoms with Gasteiger partial charge in [-0.05, 0) is 31.0 Å². The molecule has 1 aliphatic carbocycles. The van der Waals surface area contributed by atoms with Crippen molar-refractivity contribution in [3.05, 3.63) is 34.4 Å². The van der Waals surface area contributed by atoms with E-state index < -0.39 is 0 Å². The van der Waals surface area contributed by atoms with Crippen LogP contribution in [0.4, 0.5) is 11.8 Å². The van der Waals surface area contributed by atoms with Crippen molar-refractivity contribution in [3.8, 4) is 11.5 Å². The van der Waals surface area contributed by atoms with Gasteiger partial charge in [-0.15, -0.1) is 0 Å². The summed E-state index contributed by atoms with van der Waals surface area (Å²) in [7, 11) is 0. The summed E-state index contributed by atoms with van der Waals surface area (Å²) in [6.45, 7) is 0. The molecule has 1 aromatic heterocycles. The highest BCUT2D eigenvalue weighted by Gasteiger charge is 2.25. The molecular formula is C16H18Cl2N4O2. The SMILES string of the molecule is Nc1ncc(Oc2ccc(Cl)cc2Cl)c(N(O)C2CCCCC2)n1. The van der Waals surface area contributed by atoms with Crippen LogP contribution in [0.2, 0.25) is 10.0 Å². The highest BCUT2D eigenvalue weighted by Crippen LogP contribution is 2.37. The number of nitrogen functional groups attached to an aromatic ring is 1. The first-order valence-electron chi connectivity index (χ1n) is 7.78. The lowest BCUT2D eigenvalue weighted by Crippen LogP contribution is -2.35. The Hall–Kier alpha value is -1.76. The zero-order chi connectivity index (χ0) is 17.1. The number of halogens is 2. The number of benzene rings is 1. The zero-order valence-corrected chi connectivity index (χ0v) is 14.5. The predicted octanol–water partition coefficient (Wildman–Crippen LogP) is 4.69. The third kappa shape index (κ3) is 3.83. The first-order chi connectivity index (χ1) is 11.5. The van der Waals surface area contributed by atoms with Crippen molar-refractivity contribution in [1.29, 1.82) is 0 Å². The minimum absolute atomic E-state index is 0.0175. The van der Waals surface area contributed by atoms with Crippen LogP contribution in [0.25, 0.3) is 0 Å². The Morgan fingerprint density at radius 3 is 2.62 bits per heavy atom. The summed E-state index contributed by atoms with van der Waals surface area (Å²) in [6.07, 6.45) is 6.53. The lowest BCUT2D eigenvalue weighted by molar-refractivity contribution is 0.185. The van der Waals surface area contributed by atoms with Crippen molar-refractivity contribution in [2.45, 2.75) is 38.1 Å². The Bertz CT molecular complexity index is 723. The van der Waals surface area contributed by atoms with Crippen molar-refractivity contribution < 1.29 is 9.94 Å². The van der Waals surface area contributed by atoms with E-state index in [-0.39, 0.29) is 23.6 Å². The van der Waals surface area contributed by atoms with E-state index in [1.54, 1.807) is 18.2 Å². The van der Waals surface area contributed by atoms with Crippen molar-refractivity contribution in [1.82, 2.24) is 9.97 Å². The lowest BCUT2D eigenvalue weighted by Gasteiger charge is -2.30. The smallest absolute Gasteiger partial charge is 0.222 e. The van der Waals surface area contributed by atoms with Gasteiger partial charge in [0.25, 0.3) is 0 Å². The fraction of sp³-hybridized carbons (Fsp3) is 0.375. The fourth-order valence-electron chi connectivity index (χ4n) is 2.79. The Morgan fingerprint density at radius 1 is 1.17 bits per heavy atom. The molecule has 1 aliphatic rings. The van der Waals surface area contributed by atoms with E-state index in [1.165, 1.54) is 12.6 Å². The van der Waals surface area contributed by atoms with Crippen LogP contribution in [0.1, 0.15) is 32.1 Å². The fourth-order valence-corrected chi connectivity index (χ4v) is 3.23. The van der Waals surface area contributed by atoms with E-state index in [0.29, 0.717) is 15.8 Å². The Balaban J connectivity index is 1.90. The molecule has 0 unspecified atom stereocenters. The molecule has 8 heteroatoms. The van der Waals surface area contributed by atoms with Gasteiger partial charge in [0.05, 0.1) is 17.3 Å². The summed E-state index contributed by atoms with van der Waals surface area (Å²) in [5.41, 5.74) is 5.68. The average Bonchev–Trinajstić information content (AvgIpc) is 2.59. The van der Waals surface area contributed by atoms with Crippen molar-refractivity contribution >= 4 is 35.0 Å². The van der Waals surface area contributed by atoms with Crippen LogP contribution in [-0.2, 0) is 0 Å². The molecule has 0 bridgehead atoms. The summed E-state index contributed by atoms with van der Waals surface area (Å²) in [6, 6.07) is 4.87. The number of hydrogen-bond donors (Lipinski definition) is 2. The van der Waals surface area contributed by atoms with Crippen LogP contribution in [0, 0.1) is 0 Å². The molecular weight excluding hydrogens is 351 g/mol. The topological polar surface area (TPSA) is 84.5 Å². The minimum atomic E-state index is -0.0175. The van der Waals surface area contributed by atoms with E-state index in [4.69, 9.17) is 33.7 Å². The number of hydroxylamine groups is 1. The van der Waals surface area contributed by atoms with Gasteiger partial charge in [0, 0.05) is 5.02 Å². The molecule has 24 heavy (non-hydrogen) atoms. The van der Waals surface area contributed by atoms with Crippen molar-refractivity contribution in [3.63, 3.8) is 0 Å². The van der Waals surface area contributed by atoms with Crippen molar-refractivity contribution in [2.75, 3.05) is 10.8 Å². The van der Waals surface area contributed by atoms with Crippen LogP contribution in [0.3, 0.4) is 0 Å². The molecule has 128 valence electrons. The third-order valence-electron chi connectivity index (χ3n) is 4.01. The molecule has 1 aromatic carbocycles. The zero-order valence-electron chi connectivity index (χ0n) is 13.0. The Morgan fingerprint density at radius 2 is 1.92 bits per heavy atom. The molecule has 1 heterocycles. The molecule has 0 aliphatic heterocycles. The maximum atomic E-state index is 10.6. The quantitative estimate of drug-likeness (QED) is 0.761. The standard InChI is InChI=1S/C16H18Cl2N4O2/c17-10-6-7-13(12(18)8-10)24-14-9-20-16(19)21-15(14)22(23)11-4-2-1-3-5-11/h6-9,11,23H,1-5H2,(H2,19,20,21). The van der Waals surface area contributed by atoms with Gasteiger partial charge in [-0.2, -0.15) is 4.98 Å². The number of hydrogen-bond acceptors (Lipinski definition) is 6. The molecule has 0 atom stereocenters. The molecule has 0 saturated heterocycles. The van der Waals surface area contributed by atoms with E-state index in [9.17, 15) is 5.21 Å². The van der Waals surface area contributed by atoms with Crippen LogP contribution in [0.5, 0.6) is 11.5 Å². The molecule has 3 rings (SSSR count). The van der Waals surface area contributed by atoms with E-state index in [1.807, 2.05) is 0 Å². The number of aromatic nitrogens is 2. The van der Waals surface area contributed by atoms with Gasteiger partial charge in [-0.1, -0.05) is 42.5 Å². The van der Waals surface area contributed by atoms with Gasteiger partial charge >= 0.3 is 0 Å². The van der Waals surface area contributed by atoms with Crippen molar-refractivity contribution in [2.24, 2.45) is 0 Å². The van der Waals surface area contributed by atoms with E-state index in [0.717, 1.165) is 30.7 Å². The number of nitrogens with zero attached hydrogens (tertiary/aromatic N) is 3. The number of rotatable bonds is 4. The predicted molar refractivity (Wildman–Crippen MR) is 94.1 cm³/mol. The maximum absolute atomic E-state index is 10.6. The summed E-state index contributed by atoms with van der Waals surface area (Å²) in [4.78, 5) is 8.09. The molecule has 0 amide bonds. The number of nitrogens with two attached hydrogens (primary N) is 1. The normalized spacial score (nSPS) is 15.3. The second kappa shape index (κ2) is 7.42. The first-order valence-corrected chi connectivity index (χ1v) is 8.53. The molecule has 6 nitrogen and oxygen atoms in total. The second-order valence-corrected chi connectivity index (χ2v) is 6.57. The maximum Gasteiger partial charge on any atom is 0.222 e. The molecule has 0 radical (unpaired) electrons.